The molecule has 0 aromatic heterocycles. The van der Waals surface area contributed by atoms with Crippen LogP contribution >= 0.6 is 23.2 Å². The molecule has 0 heterocycles. The van der Waals surface area contributed by atoms with Crippen LogP contribution in [0.3, 0.4) is 0 Å². The second kappa shape index (κ2) is 6.37. The molecule has 2 aromatic carbocycles. The van der Waals surface area contributed by atoms with Crippen LogP contribution in [0.25, 0.3) is 0 Å². The SMILES string of the molecule is Cc1ccc(CNC(=O)c2ccc(Cl)c(Cl)c2N)cc1C. The number of carbonyl (C=O) groups is 1. The van der Waals surface area contributed by atoms with E-state index in [9.17, 15) is 4.79 Å². The van der Waals surface area contributed by atoms with E-state index in [0.717, 1.165) is 5.56 Å². The minimum Gasteiger partial charge on any atom is -0.397 e. The number of anilines is 1. The van der Waals surface area contributed by atoms with E-state index in [1.807, 2.05) is 32.0 Å². The number of rotatable bonds is 3. The predicted octanol–water partition coefficient (Wildman–Crippen LogP) is 4.12. The van der Waals surface area contributed by atoms with Crippen molar-refractivity contribution in [2.75, 3.05) is 5.73 Å². The molecule has 0 radical (unpaired) electrons. The van der Waals surface area contributed by atoms with Gasteiger partial charge in [-0.25, -0.2) is 0 Å². The predicted molar refractivity (Wildman–Crippen MR) is 88.0 cm³/mol. The van der Waals surface area contributed by atoms with Crippen molar-refractivity contribution in [1.82, 2.24) is 5.32 Å². The highest BCUT2D eigenvalue weighted by molar-refractivity contribution is 6.44. The molecule has 2 rings (SSSR count). The number of nitrogen functional groups attached to an aromatic ring is 1. The molecule has 0 unspecified atom stereocenters. The number of nitrogens with one attached hydrogen (secondary N) is 1. The fourth-order valence-corrected chi connectivity index (χ4v) is 2.28. The number of nitrogens with two attached hydrogens (primary N) is 1. The molecule has 110 valence electrons. The number of benzene rings is 2. The maximum atomic E-state index is 12.2. The number of halogens is 2. The van der Waals surface area contributed by atoms with Gasteiger partial charge in [0.1, 0.15) is 0 Å². The van der Waals surface area contributed by atoms with Crippen molar-refractivity contribution >= 4 is 34.8 Å². The first-order valence-corrected chi connectivity index (χ1v) is 7.23. The molecule has 21 heavy (non-hydrogen) atoms. The highest BCUT2D eigenvalue weighted by Crippen LogP contribution is 2.30. The summed E-state index contributed by atoms with van der Waals surface area (Å²) < 4.78 is 0. The maximum absolute atomic E-state index is 12.2. The molecule has 3 nitrogen and oxygen atoms in total. The van der Waals surface area contributed by atoms with Gasteiger partial charge in [-0.3, -0.25) is 4.79 Å². The second-order valence-electron chi connectivity index (χ2n) is 4.92. The van der Waals surface area contributed by atoms with Gasteiger partial charge < -0.3 is 11.1 Å². The van der Waals surface area contributed by atoms with Crippen LogP contribution < -0.4 is 11.1 Å². The summed E-state index contributed by atoms with van der Waals surface area (Å²) in [5.74, 6) is -0.274. The summed E-state index contributed by atoms with van der Waals surface area (Å²) in [7, 11) is 0. The van der Waals surface area contributed by atoms with Crippen LogP contribution in [0.5, 0.6) is 0 Å². The molecule has 1 amide bonds. The van der Waals surface area contributed by atoms with Gasteiger partial charge in [0.2, 0.25) is 0 Å². The fraction of sp³-hybridized carbons (Fsp3) is 0.188. The molecule has 0 aliphatic carbocycles. The van der Waals surface area contributed by atoms with Crippen molar-refractivity contribution < 1.29 is 4.79 Å². The van der Waals surface area contributed by atoms with Crippen molar-refractivity contribution in [3.63, 3.8) is 0 Å². The molecule has 0 spiro atoms. The van der Waals surface area contributed by atoms with E-state index in [2.05, 4.69) is 5.32 Å². The number of hydrogen-bond acceptors (Lipinski definition) is 2. The third-order valence-electron chi connectivity index (χ3n) is 3.40. The van der Waals surface area contributed by atoms with Crippen LogP contribution in [0.4, 0.5) is 5.69 Å². The van der Waals surface area contributed by atoms with Crippen LogP contribution in [0.1, 0.15) is 27.0 Å². The smallest absolute Gasteiger partial charge is 0.253 e. The molecular weight excluding hydrogens is 307 g/mol. The third kappa shape index (κ3) is 3.49. The number of amides is 1. The Hall–Kier alpha value is -1.71. The lowest BCUT2D eigenvalue weighted by Gasteiger charge is -2.10. The van der Waals surface area contributed by atoms with Crippen LogP contribution in [0, 0.1) is 13.8 Å². The molecule has 0 aliphatic heterocycles. The zero-order chi connectivity index (χ0) is 15.6. The molecule has 0 fully saturated rings. The Balaban J connectivity index is 2.12. The molecule has 0 atom stereocenters. The lowest BCUT2D eigenvalue weighted by atomic mass is 10.1. The van der Waals surface area contributed by atoms with E-state index in [1.54, 1.807) is 12.1 Å². The van der Waals surface area contributed by atoms with E-state index in [4.69, 9.17) is 28.9 Å². The van der Waals surface area contributed by atoms with Gasteiger partial charge in [-0.2, -0.15) is 0 Å². The van der Waals surface area contributed by atoms with Crippen molar-refractivity contribution in [1.29, 1.82) is 0 Å². The second-order valence-corrected chi connectivity index (χ2v) is 5.71. The Morgan fingerprint density at radius 2 is 1.86 bits per heavy atom. The number of aryl methyl sites for hydroxylation is 2. The van der Waals surface area contributed by atoms with Crippen LogP contribution in [-0.2, 0) is 6.54 Å². The molecule has 3 N–H and O–H groups in total. The first-order valence-electron chi connectivity index (χ1n) is 6.48. The fourth-order valence-electron chi connectivity index (χ4n) is 1.96. The van der Waals surface area contributed by atoms with E-state index < -0.39 is 0 Å². The van der Waals surface area contributed by atoms with Gasteiger partial charge in [-0.1, -0.05) is 41.4 Å². The number of hydrogen-bond donors (Lipinski definition) is 2. The molecular formula is C16H16Cl2N2O. The first kappa shape index (κ1) is 15.7. The van der Waals surface area contributed by atoms with Crippen molar-refractivity contribution in [3.05, 3.63) is 62.6 Å². The van der Waals surface area contributed by atoms with Crippen LogP contribution in [-0.4, -0.2) is 5.91 Å². The lowest BCUT2D eigenvalue weighted by Crippen LogP contribution is -2.24. The highest BCUT2D eigenvalue weighted by atomic mass is 35.5. The summed E-state index contributed by atoms with van der Waals surface area (Å²) in [6, 6.07) is 9.20. The van der Waals surface area contributed by atoms with E-state index in [0.29, 0.717) is 17.1 Å². The minimum absolute atomic E-state index is 0.196. The lowest BCUT2D eigenvalue weighted by molar-refractivity contribution is 0.0952. The maximum Gasteiger partial charge on any atom is 0.253 e. The molecule has 0 aliphatic rings. The first-order chi connectivity index (χ1) is 9.90. The average Bonchev–Trinajstić information content (AvgIpc) is 2.46. The molecule has 5 heteroatoms. The van der Waals surface area contributed by atoms with E-state index >= 15 is 0 Å². The molecule has 0 bridgehead atoms. The monoisotopic (exact) mass is 322 g/mol. The van der Waals surface area contributed by atoms with Gasteiger partial charge in [-0.15, -0.1) is 0 Å². The Kier molecular flexibility index (Phi) is 4.76. The average molecular weight is 323 g/mol. The normalized spacial score (nSPS) is 10.5. The summed E-state index contributed by atoms with van der Waals surface area (Å²) in [6.45, 7) is 4.52. The zero-order valence-corrected chi connectivity index (χ0v) is 13.3. The zero-order valence-electron chi connectivity index (χ0n) is 11.8. The van der Waals surface area contributed by atoms with Crippen molar-refractivity contribution in [2.45, 2.75) is 20.4 Å². The van der Waals surface area contributed by atoms with Gasteiger partial charge in [0.05, 0.1) is 21.3 Å². The Labute approximate surface area is 134 Å². The quantitative estimate of drug-likeness (QED) is 0.835. The Morgan fingerprint density at radius 3 is 2.52 bits per heavy atom. The summed E-state index contributed by atoms with van der Waals surface area (Å²) in [4.78, 5) is 12.2. The number of carbonyl (C=O) groups excluding carboxylic acids is 1. The van der Waals surface area contributed by atoms with Crippen LogP contribution in [0.2, 0.25) is 10.0 Å². The molecule has 0 saturated carbocycles. The van der Waals surface area contributed by atoms with Crippen molar-refractivity contribution in [2.24, 2.45) is 0 Å². The molecule has 0 saturated heterocycles. The van der Waals surface area contributed by atoms with Crippen molar-refractivity contribution in [3.8, 4) is 0 Å². The summed E-state index contributed by atoms with van der Waals surface area (Å²) in [6.07, 6.45) is 0. The third-order valence-corrected chi connectivity index (χ3v) is 4.22. The van der Waals surface area contributed by atoms with Gasteiger partial charge in [-0.05, 0) is 42.7 Å². The van der Waals surface area contributed by atoms with Crippen LogP contribution in [0.15, 0.2) is 30.3 Å². The van der Waals surface area contributed by atoms with Gasteiger partial charge in [0.15, 0.2) is 0 Å². The standard InChI is InChI=1S/C16H16Cl2N2O/c1-9-3-4-11(7-10(9)2)8-20-16(21)12-5-6-13(17)14(18)15(12)19/h3-7H,8,19H2,1-2H3,(H,20,21). The van der Waals surface area contributed by atoms with Gasteiger partial charge in [0.25, 0.3) is 5.91 Å². The summed E-state index contributed by atoms with van der Waals surface area (Å²) in [5.41, 5.74) is 9.79. The van der Waals surface area contributed by atoms with Gasteiger partial charge in [0, 0.05) is 6.54 Å². The topological polar surface area (TPSA) is 55.1 Å². The van der Waals surface area contributed by atoms with E-state index in [-0.39, 0.29) is 16.6 Å². The highest BCUT2D eigenvalue weighted by Gasteiger charge is 2.14. The Bertz CT molecular complexity index is 699. The largest absolute Gasteiger partial charge is 0.397 e. The summed E-state index contributed by atoms with van der Waals surface area (Å²) >= 11 is 11.8. The van der Waals surface area contributed by atoms with E-state index in [1.165, 1.54) is 11.1 Å². The minimum atomic E-state index is -0.274. The van der Waals surface area contributed by atoms with Gasteiger partial charge >= 0.3 is 0 Å². The summed E-state index contributed by atoms with van der Waals surface area (Å²) in [5, 5.41) is 3.37. The molecule has 2 aromatic rings. The Morgan fingerprint density at radius 1 is 1.14 bits per heavy atom.